The van der Waals surface area contributed by atoms with E-state index in [1.165, 1.54) is 0 Å². The number of H-pyrrole nitrogens is 1. The van der Waals surface area contributed by atoms with Crippen LogP contribution in [0.5, 0.6) is 0 Å². The summed E-state index contributed by atoms with van der Waals surface area (Å²) < 4.78 is 28.3. The normalized spacial score (nSPS) is 22.8. The number of ether oxygens (including phenoxy) is 1. The van der Waals surface area contributed by atoms with Gasteiger partial charge in [0.25, 0.3) is 5.91 Å². The van der Waals surface area contributed by atoms with E-state index in [-0.39, 0.29) is 23.8 Å². The molecule has 1 aliphatic rings. The lowest BCUT2D eigenvalue weighted by Crippen LogP contribution is -2.47. The standard InChI is InChI=1S/C15H22N2O5S/c1-5-22-14(19)11-9(2)12(16-10(11)3)13(18)17-15(4)6-7-23(20,21)8-15/h16H,5-8H2,1-4H3,(H,17,18). The Morgan fingerprint density at radius 3 is 2.52 bits per heavy atom. The maximum absolute atomic E-state index is 12.5. The first-order valence-electron chi connectivity index (χ1n) is 7.48. The van der Waals surface area contributed by atoms with E-state index in [0.717, 1.165) is 0 Å². The Labute approximate surface area is 135 Å². The summed E-state index contributed by atoms with van der Waals surface area (Å²) in [5, 5.41) is 2.78. The van der Waals surface area contributed by atoms with Gasteiger partial charge >= 0.3 is 5.97 Å². The summed E-state index contributed by atoms with van der Waals surface area (Å²) in [6, 6.07) is 0. The number of hydrogen-bond donors (Lipinski definition) is 2. The first-order valence-corrected chi connectivity index (χ1v) is 9.30. The van der Waals surface area contributed by atoms with Gasteiger partial charge in [0.05, 0.1) is 29.2 Å². The van der Waals surface area contributed by atoms with E-state index in [2.05, 4.69) is 10.3 Å². The fourth-order valence-electron chi connectivity index (χ4n) is 2.93. The second-order valence-electron chi connectivity index (χ2n) is 6.20. The number of amides is 1. The Bertz CT molecular complexity index is 750. The molecule has 1 unspecified atom stereocenters. The highest BCUT2D eigenvalue weighted by Gasteiger charge is 2.40. The zero-order chi connectivity index (χ0) is 17.4. The fraction of sp³-hybridized carbons (Fsp3) is 0.600. The highest BCUT2D eigenvalue weighted by atomic mass is 32.2. The third kappa shape index (κ3) is 3.57. The molecule has 0 radical (unpaired) electrons. The van der Waals surface area contributed by atoms with Crippen LogP contribution in [0.3, 0.4) is 0 Å². The van der Waals surface area contributed by atoms with E-state index < -0.39 is 27.3 Å². The van der Waals surface area contributed by atoms with Crippen molar-refractivity contribution in [3.8, 4) is 0 Å². The number of rotatable bonds is 4. The zero-order valence-electron chi connectivity index (χ0n) is 13.8. The van der Waals surface area contributed by atoms with Gasteiger partial charge in [-0.3, -0.25) is 4.79 Å². The van der Waals surface area contributed by atoms with Crippen LogP contribution >= 0.6 is 0 Å². The third-order valence-electron chi connectivity index (χ3n) is 4.06. The summed E-state index contributed by atoms with van der Waals surface area (Å²) in [5.41, 5.74) is 0.876. The van der Waals surface area contributed by atoms with Gasteiger partial charge in [0, 0.05) is 5.69 Å². The molecule has 1 saturated heterocycles. The van der Waals surface area contributed by atoms with Crippen LogP contribution in [0.1, 0.15) is 52.4 Å². The number of esters is 1. The maximum Gasteiger partial charge on any atom is 0.340 e. The molecule has 0 bridgehead atoms. The Kier molecular flexibility index (Phi) is 4.57. The minimum atomic E-state index is -3.11. The van der Waals surface area contributed by atoms with Crippen LogP contribution < -0.4 is 5.32 Å². The molecule has 0 aromatic carbocycles. The molecule has 1 aromatic rings. The lowest BCUT2D eigenvalue weighted by molar-refractivity contribution is 0.0525. The van der Waals surface area contributed by atoms with Crippen LogP contribution in [0.4, 0.5) is 0 Å². The zero-order valence-corrected chi connectivity index (χ0v) is 14.6. The predicted octanol–water partition coefficient (Wildman–Crippen LogP) is 1.12. The van der Waals surface area contributed by atoms with Crippen molar-refractivity contribution >= 4 is 21.7 Å². The molecular formula is C15H22N2O5S. The van der Waals surface area contributed by atoms with E-state index in [0.29, 0.717) is 23.2 Å². The monoisotopic (exact) mass is 342 g/mol. The van der Waals surface area contributed by atoms with Crippen LogP contribution in [0.2, 0.25) is 0 Å². The van der Waals surface area contributed by atoms with Crippen molar-refractivity contribution < 1.29 is 22.7 Å². The van der Waals surface area contributed by atoms with Gasteiger partial charge in [-0.2, -0.15) is 0 Å². The molecule has 1 fully saturated rings. The Morgan fingerprint density at radius 2 is 2.00 bits per heavy atom. The third-order valence-corrected chi connectivity index (χ3v) is 5.97. The SMILES string of the molecule is CCOC(=O)c1c(C)[nH]c(C(=O)NC2(C)CCS(=O)(=O)C2)c1C. The van der Waals surface area contributed by atoms with Gasteiger partial charge in [-0.25, -0.2) is 13.2 Å². The highest BCUT2D eigenvalue weighted by molar-refractivity contribution is 7.91. The molecular weight excluding hydrogens is 320 g/mol. The van der Waals surface area contributed by atoms with E-state index in [1.807, 2.05) is 0 Å². The first-order chi connectivity index (χ1) is 10.6. The second kappa shape index (κ2) is 5.99. The summed E-state index contributed by atoms with van der Waals surface area (Å²) >= 11 is 0. The smallest absolute Gasteiger partial charge is 0.340 e. The van der Waals surface area contributed by atoms with Gasteiger partial charge in [-0.05, 0) is 39.7 Å². The van der Waals surface area contributed by atoms with Gasteiger partial charge in [-0.15, -0.1) is 0 Å². The van der Waals surface area contributed by atoms with E-state index >= 15 is 0 Å². The maximum atomic E-state index is 12.5. The number of aryl methyl sites for hydroxylation is 1. The number of aromatic amines is 1. The largest absolute Gasteiger partial charge is 0.462 e. The van der Waals surface area contributed by atoms with Crippen molar-refractivity contribution in [2.45, 2.75) is 39.7 Å². The van der Waals surface area contributed by atoms with Crippen molar-refractivity contribution in [3.05, 3.63) is 22.5 Å². The van der Waals surface area contributed by atoms with Crippen molar-refractivity contribution in [1.29, 1.82) is 0 Å². The fourth-order valence-corrected chi connectivity index (χ4v) is 5.03. The second-order valence-corrected chi connectivity index (χ2v) is 8.39. The Hall–Kier alpha value is -1.83. The average molecular weight is 342 g/mol. The van der Waals surface area contributed by atoms with Crippen LogP contribution in [0.25, 0.3) is 0 Å². The summed E-state index contributed by atoms with van der Waals surface area (Å²) in [5.74, 6) is -0.899. The minimum absolute atomic E-state index is 0.0700. The van der Waals surface area contributed by atoms with Crippen molar-refractivity contribution in [2.75, 3.05) is 18.1 Å². The topological polar surface area (TPSA) is 105 Å². The van der Waals surface area contributed by atoms with Crippen LogP contribution in [0.15, 0.2) is 0 Å². The summed E-state index contributed by atoms with van der Waals surface area (Å²) in [7, 11) is -3.11. The van der Waals surface area contributed by atoms with Crippen molar-refractivity contribution in [3.63, 3.8) is 0 Å². The van der Waals surface area contributed by atoms with Gasteiger partial charge in [0.1, 0.15) is 5.69 Å². The number of carbonyl (C=O) groups is 2. The van der Waals surface area contributed by atoms with Gasteiger partial charge in [0.15, 0.2) is 9.84 Å². The molecule has 0 aliphatic carbocycles. The first kappa shape index (κ1) is 17.5. The molecule has 0 saturated carbocycles. The summed E-state index contributed by atoms with van der Waals surface area (Å²) in [6.07, 6.45) is 0.380. The summed E-state index contributed by atoms with van der Waals surface area (Å²) in [4.78, 5) is 27.4. The highest BCUT2D eigenvalue weighted by Crippen LogP contribution is 2.25. The quantitative estimate of drug-likeness (QED) is 0.798. The van der Waals surface area contributed by atoms with E-state index in [9.17, 15) is 18.0 Å². The van der Waals surface area contributed by atoms with Crippen molar-refractivity contribution in [1.82, 2.24) is 10.3 Å². The molecule has 1 atom stereocenters. The van der Waals surface area contributed by atoms with E-state index in [1.54, 1.807) is 27.7 Å². The van der Waals surface area contributed by atoms with Crippen LogP contribution in [0, 0.1) is 13.8 Å². The summed E-state index contributed by atoms with van der Waals surface area (Å²) in [6.45, 7) is 7.04. The molecule has 2 rings (SSSR count). The lowest BCUT2D eigenvalue weighted by Gasteiger charge is -2.23. The molecule has 2 N–H and O–H groups in total. The van der Waals surface area contributed by atoms with E-state index in [4.69, 9.17) is 4.74 Å². The van der Waals surface area contributed by atoms with Gasteiger partial charge in [0.2, 0.25) is 0 Å². The number of nitrogens with one attached hydrogen (secondary N) is 2. The number of hydrogen-bond acceptors (Lipinski definition) is 5. The molecule has 1 amide bonds. The molecule has 1 aliphatic heterocycles. The molecule has 23 heavy (non-hydrogen) atoms. The number of aromatic nitrogens is 1. The molecule has 7 nitrogen and oxygen atoms in total. The average Bonchev–Trinajstić information content (AvgIpc) is 2.86. The van der Waals surface area contributed by atoms with Crippen molar-refractivity contribution in [2.24, 2.45) is 0 Å². The van der Waals surface area contributed by atoms with Crippen LogP contribution in [-0.2, 0) is 14.6 Å². The number of carbonyl (C=O) groups excluding carboxylic acids is 2. The molecule has 8 heteroatoms. The number of sulfone groups is 1. The minimum Gasteiger partial charge on any atom is -0.462 e. The Balaban J connectivity index is 2.24. The van der Waals surface area contributed by atoms with Crippen LogP contribution in [-0.4, -0.2) is 48.9 Å². The van der Waals surface area contributed by atoms with Gasteiger partial charge < -0.3 is 15.0 Å². The Morgan fingerprint density at radius 1 is 1.35 bits per heavy atom. The predicted molar refractivity (Wildman–Crippen MR) is 85.4 cm³/mol. The molecule has 128 valence electrons. The van der Waals surface area contributed by atoms with Gasteiger partial charge in [-0.1, -0.05) is 0 Å². The molecule has 1 aromatic heterocycles. The lowest BCUT2D eigenvalue weighted by atomic mass is 10.0. The molecule has 2 heterocycles. The molecule has 0 spiro atoms.